The minimum atomic E-state index is -4.65. The molecule has 3 rings (SSSR count). The van der Waals surface area contributed by atoms with Gasteiger partial charge in [-0.3, -0.25) is 0 Å². The lowest BCUT2D eigenvalue weighted by Gasteiger charge is -2.21. The highest BCUT2D eigenvalue weighted by molar-refractivity contribution is 7.90. The second-order valence-electron chi connectivity index (χ2n) is 7.03. The molecule has 152 valence electrons. The zero-order valence-corrected chi connectivity index (χ0v) is 16.2. The van der Waals surface area contributed by atoms with E-state index in [0.717, 1.165) is 38.0 Å². The normalized spacial score (nSPS) is 16.1. The fourth-order valence-corrected chi connectivity index (χ4v) is 3.83. The minimum Gasteiger partial charge on any atom is -0.463 e. The molecule has 0 bridgehead atoms. The van der Waals surface area contributed by atoms with Gasteiger partial charge in [-0.1, -0.05) is 31.4 Å². The molecule has 0 saturated heterocycles. The summed E-state index contributed by atoms with van der Waals surface area (Å²) in [6, 6.07) is 6.03. The van der Waals surface area contributed by atoms with E-state index in [1.807, 2.05) is 0 Å². The van der Waals surface area contributed by atoms with Crippen molar-refractivity contribution in [2.45, 2.75) is 43.2 Å². The van der Waals surface area contributed by atoms with Crippen LogP contribution in [-0.2, 0) is 16.0 Å². The van der Waals surface area contributed by atoms with Crippen LogP contribution in [0.25, 0.3) is 11.3 Å². The number of sulfone groups is 1. The van der Waals surface area contributed by atoms with Crippen LogP contribution >= 0.6 is 0 Å². The summed E-state index contributed by atoms with van der Waals surface area (Å²) in [5.74, 6) is 0.296. The molecule has 2 aromatic rings. The largest absolute Gasteiger partial charge is 0.463 e. The third-order valence-electron chi connectivity index (χ3n) is 4.75. The first-order valence-corrected chi connectivity index (χ1v) is 10.9. The Morgan fingerprint density at radius 1 is 1.07 bits per heavy atom. The predicted molar refractivity (Wildman–Crippen MR) is 97.6 cm³/mol. The van der Waals surface area contributed by atoms with Crippen LogP contribution in [0.1, 0.15) is 37.8 Å². The third-order valence-corrected chi connectivity index (χ3v) is 5.88. The van der Waals surface area contributed by atoms with Gasteiger partial charge in [0.15, 0.2) is 15.5 Å². The van der Waals surface area contributed by atoms with Crippen molar-refractivity contribution in [3.63, 3.8) is 0 Å². The van der Waals surface area contributed by atoms with Crippen molar-refractivity contribution in [2.75, 3.05) is 12.9 Å². The van der Waals surface area contributed by atoms with Gasteiger partial charge in [0.1, 0.15) is 0 Å². The highest BCUT2D eigenvalue weighted by Crippen LogP contribution is 2.32. The Balaban J connectivity index is 1.89. The fourth-order valence-electron chi connectivity index (χ4n) is 3.20. The Morgan fingerprint density at radius 3 is 2.29 bits per heavy atom. The van der Waals surface area contributed by atoms with Gasteiger partial charge in [0.2, 0.25) is 0 Å². The van der Waals surface area contributed by atoms with E-state index in [-0.39, 0.29) is 23.2 Å². The Kier molecular flexibility index (Phi) is 5.92. The molecule has 0 unspecified atom stereocenters. The summed E-state index contributed by atoms with van der Waals surface area (Å²) in [6.07, 6.45) is 1.74. The average molecular weight is 414 g/mol. The number of hydrogen-bond donors (Lipinski definition) is 0. The number of hydrogen-bond acceptors (Lipinski definition) is 5. The van der Waals surface area contributed by atoms with Gasteiger partial charge in [-0.05, 0) is 37.0 Å². The molecule has 0 N–H and O–H groups in total. The maximum absolute atomic E-state index is 13.3. The zero-order chi connectivity index (χ0) is 20.4. The highest BCUT2D eigenvalue weighted by Gasteiger charge is 2.34. The molecule has 1 aliphatic carbocycles. The molecule has 1 saturated carbocycles. The van der Waals surface area contributed by atoms with Gasteiger partial charge in [-0.25, -0.2) is 8.42 Å². The van der Waals surface area contributed by atoms with E-state index in [0.29, 0.717) is 11.5 Å². The summed E-state index contributed by atoms with van der Waals surface area (Å²) in [4.78, 5) is 7.71. The van der Waals surface area contributed by atoms with Gasteiger partial charge < -0.3 is 4.74 Å². The molecular formula is C19H21F3N2O3S. The highest BCUT2D eigenvalue weighted by atomic mass is 32.2. The molecule has 1 aromatic heterocycles. The van der Waals surface area contributed by atoms with Crippen LogP contribution < -0.4 is 4.74 Å². The molecule has 0 radical (unpaired) electrons. The van der Waals surface area contributed by atoms with Crippen LogP contribution in [0.15, 0.2) is 35.2 Å². The van der Waals surface area contributed by atoms with Gasteiger partial charge in [0, 0.05) is 11.8 Å². The lowest BCUT2D eigenvalue weighted by Crippen LogP contribution is -2.17. The van der Waals surface area contributed by atoms with E-state index in [4.69, 9.17) is 4.74 Å². The van der Waals surface area contributed by atoms with E-state index >= 15 is 0 Å². The second kappa shape index (κ2) is 8.06. The molecular weight excluding hydrogens is 393 g/mol. The number of halogens is 3. The third kappa shape index (κ3) is 5.21. The van der Waals surface area contributed by atoms with Crippen molar-refractivity contribution in [1.82, 2.24) is 9.97 Å². The van der Waals surface area contributed by atoms with Gasteiger partial charge >= 0.3 is 12.2 Å². The smallest absolute Gasteiger partial charge is 0.433 e. The maximum atomic E-state index is 13.3. The Hall–Kier alpha value is -2.16. The zero-order valence-electron chi connectivity index (χ0n) is 15.4. The van der Waals surface area contributed by atoms with Gasteiger partial charge in [-0.15, -0.1) is 0 Å². The number of aromatic nitrogens is 2. The van der Waals surface area contributed by atoms with Crippen LogP contribution in [0.2, 0.25) is 0 Å². The number of nitrogens with zero attached hydrogens (tertiary/aromatic N) is 2. The lowest BCUT2D eigenvalue weighted by molar-refractivity contribution is -0.141. The number of alkyl halides is 3. The van der Waals surface area contributed by atoms with Gasteiger partial charge in [0.25, 0.3) is 0 Å². The topological polar surface area (TPSA) is 69.2 Å². The van der Waals surface area contributed by atoms with Crippen LogP contribution in [0.4, 0.5) is 13.2 Å². The fraction of sp³-hybridized carbons (Fsp3) is 0.474. The van der Waals surface area contributed by atoms with Crippen molar-refractivity contribution in [2.24, 2.45) is 5.92 Å². The van der Waals surface area contributed by atoms with E-state index < -0.39 is 21.7 Å². The predicted octanol–water partition coefficient (Wildman–Crippen LogP) is 4.53. The van der Waals surface area contributed by atoms with E-state index in [9.17, 15) is 21.6 Å². The number of benzene rings is 1. The first-order valence-electron chi connectivity index (χ1n) is 9.02. The Morgan fingerprint density at radius 2 is 1.71 bits per heavy atom. The van der Waals surface area contributed by atoms with Crippen LogP contribution in [0.3, 0.4) is 0 Å². The second-order valence-corrected chi connectivity index (χ2v) is 9.05. The van der Waals surface area contributed by atoms with Crippen LogP contribution in [0.5, 0.6) is 6.01 Å². The molecule has 5 nitrogen and oxygen atoms in total. The summed E-state index contributed by atoms with van der Waals surface area (Å²) < 4.78 is 68.4. The van der Waals surface area contributed by atoms with Crippen LogP contribution in [-0.4, -0.2) is 31.2 Å². The first kappa shape index (κ1) is 20.6. The summed E-state index contributed by atoms with van der Waals surface area (Å²) in [5.41, 5.74) is -0.716. The molecule has 1 fully saturated rings. The molecule has 28 heavy (non-hydrogen) atoms. The maximum Gasteiger partial charge on any atom is 0.433 e. The Labute approximate surface area is 161 Å². The number of ether oxygens (including phenoxy) is 1. The monoisotopic (exact) mass is 414 g/mol. The first-order chi connectivity index (χ1) is 13.1. The Bertz CT molecular complexity index is 922. The van der Waals surface area contributed by atoms with Gasteiger partial charge in [0.05, 0.1) is 17.2 Å². The molecule has 1 heterocycles. The SMILES string of the molecule is CS(=O)(=O)c1ccc(-c2cc(C(F)(F)F)nc(OCC3CCCCC3)n2)cc1. The van der Waals surface area contributed by atoms with Crippen molar-refractivity contribution in [3.8, 4) is 17.3 Å². The van der Waals surface area contributed by atoms with Gasteiger partial charge in [-0.2, -0.15) is 23.1 Å². The molecule has 0 amide bonds. The minimum absolute atomic E-state index is 0.0287. The molecule has 0 atom stereocenters. The van der Waals surface area contributed by atoms with Crippen molar-refractivity contribution in [3.05, 3.63) is 36.0 Å². The van der Waals surface area contributed by atoms with Crippen molar-refractivity contribution in [1.29, 1.82) is 0 Å². The van der Waals surface area contributed by atoms with E-state index in [1.54, 1.807) is 0 Å². The van der Waals surface area contributed by atoms with E-state index in [1.165, 1.54) is 30.7 Å². The van der Waals surface area contributed by atoms with E-state index in [2.05, 4.69) is 9.97 Å². The summed E-state index contributed by atoms with van der Waals surface area (Å²) >= 11 is 0. The average Bonchev–Trinajstić information content (AvgIpc) is 2.66. The van der Waals surface area contributed by atoms with Crippen molar-refractivity contribution >= 4 is 9.84 Å². The lowest BCUT2D eigenvalue weighted by atomic mass is 9.90. The molecule has 1 aromatic carbocycles. The van der Waals surface area contributed by atoms with Crippen LogP contribution in [0, 0.1) is 5.92 Å². The summed E-state index contributed by atoms with van der Waals surface area (Å²) in [5, 5.41) is 0. The molecule has 0 aliphatic heterocycles. The van der Waals surface area contributed by atoms with Crippen molar-refractivity contribution < 1.29 is 26.3 Å². The summed E-state index contributed by atoms with van der Waals surface area (Å²) in [6.45, 7) is 0.285. The molecule has 0 spiro atoms. The quantitative estimate of drug-likeness (QED) is 0.719. The summed E-state index contributed by atoms with van der Waals surface area (Å²) in [7, 11) is -3.40. The number of rotatable bonds is 5. The standard InChI is InChI=1S/C19H21F3N2O3S/c1-28(25,26)15-9-7-14(8-10-15)16-11-17(19(20,21)22)24-18(23-16)27-12-13-5-3-2-4-6-13/h7-11,13H,2-6,12H2,1H3. The molecule has 9 heteroatoms. The molecule has 1 aliphatic rings.